The van der Waals surface area contributed by atoms with Gasteiger partial charge < -0.3 is 4.90 Å². The summed E-state index contributed by atoms with van der Waals surface area (Å²) in [6, 6.07) is 7.09. The molecule has 0 bridgehead atoms. The summed E-state index contributed by atoms with van der Waals surface area (Å²) >= 11 is 0.886. The smallest absolute Gasteiger partial charge is 0.290 e. The first-order valence-corrected chi connectivity index (χ1v) is 8.02. The van der Waals surface area contributed by atoms with Gasteiger partial charge in [-0.25, -0.2) is 0 Å². The van der Waals surface area contributed by atoms with E-state index in [4.69, 9.17) is 0 Å². The Morgan fingerprint density at radius 2 is 2.00 bits per heavy atom. The predicted molar refractivity (Wildman–Crippen MR) is 85.2 cm³/mol. The molecule has 3 rings (SSSR count). The molecule has 0 spiro atoms. The van der Waals surface area contributed by atoms with E-state index in [1.54, 1.807) is 30.3 Å². The van der Waals surface area contributed by atoms with Crippen LogP contribution in [0.3, 0.4) is 0 Å². The molecule has 2 aliphatic rings. The molecule has 2 heterocycles. The summed E-state index contributed by atoms with van der Waals surface area (Å²) < 4.78 is 0. The second-order valence-electron chi connectivity index (χ2n) is 5.46. The van der Waals surface area contributed by atoms with Gasteiger partial charge in [0, 0.05) is 18.7 Å². The van der Waals surface area contributed by atoms with E-state index in [-0.39, 0.29) is 17.1 Å². The molecule has 0 aliphatic carbocycles. The number of amides is 3. The highest BCUT2D eigenvalue weighted by molar-refractivity contribution is 8.18. The number of nitrogens with zero attached hydrogens (tertiary/aromatic N) is 1. The van der Waals surface area contributed by atoms with Crippen LogP contribution in [-0.4, -0.2) is 35.0 Å². The van der Waals surface area contributed by atoms with E-state index in [0.717, 1.165) is 36.8 Å². The molecular formula is C16H16N2O3S. The number of hydrogen-bond donors (Lipinski definition) is 1. The fourth-order valence-corrected chi connectivity index (χ4v) is 3.15. The summed E-state index contributed by atoms with van der Waals surface area (Å²) in [5, 5.41) is 1.86. The van der Waals surface area contributed by atoms with E-state index in [9.17, 15) is 14.4 Å². The number of imide groups is 1. The van der Waals surface area contributed by atoms with Crippen molar-refractivity contribution in [1.82, 2.24) is 10.2 Å². The molecule has 1 N–H and O–H groups in total. The fourth-order valence-electron chi connectivity index (χ4n) is 2.47. The SMILES string of the molecule is CCC1CN(C(=O)c2ccc(/C=C3/SC(=O)NC3=O)cc2)C1. The lowest BCUT2D eigenvalue weighted by Crippen LogP contribution is -2.49. The molecule has 3 amide bonds. The Morgan fingerprint density at radius 3 is 2.55 bits per heavy atom. The number of rotatable bonds is 3. The van der Waals surface area contributed by atoms with Crippen LogP contribution in [0.2, 0.25) is 0 Å². The normalized spacial score (nSPS) is 20.2. The first kappa shape index (κ1) is 14.8. The minimum atomic E-state index is -0.374. The standard InChI is InChI=1S/C16H16N2O3S/c1-2-10-8-18(9-10)15(20)12-5-3-11(4-6-12)7-13-14(19)17-16(21)22-13/h3-7,10H,2,8-9H2,1H3,(H,17,19,21)/b13-7+. The Hall–Kier alpha value is -2.08. The Bertz CT molecular complexity index is 660. The number of thioether (sulfide) groups is 1. The number of nitrogens with one attached hydrogen (secondary N) is 1. The molecule has 2 fully saturated rings. The van der Waals surface area contributed by atoms with Gasteiger partial charge in [-0.05, 0) is 47.9 Å². The van der Waals surface area contributed by atoms with Gasteiger partial charge in [0.1, 0.15) is 0 Å². The maximum Gasteiger partial charge on any atom is 0.290 e. The topological polar surface area (TPSA) is 66.5 Å². The van der Waals surface area contributed by atoms with Gasteiger partial charge >= 0.3 is 0 Å². The van der Waals surface area contributed by atoms with E-state index in [1.165, 1.54) is 0 Å². The van der Waals surface area contributed by atoms with Crippen molar-refractivity contribution in [3.63, 3.8) is 0 Å². The lowest BCUT2D eigenvalue weighted by atomic mass is 9.96. The third-order valence-electron chi connectivity index (χ3n) is 3.92. The molecule has 0 unspecified atom stereocenters. The molecule has 0 saturated carbocycles. The molecule has 5 nitrogen and oxygen atoms in total. The number of carbonyl (C=O) groups excluding carboxylic acids is 3. The number of hydrogen-bond acceptors (Lipinski definition) is 4. The molecule has 0 aromatic heterocycles. The highest BCUT2D eigenvalue weighted by atomic mass is 32.2. The Kier molecular flexibility index (Phi) is 4.02. The quantitative estimate of drug-likeness (QED) is 0.870. The Balaban J connectivity index is 1.68. The second kappa shape index (κ2) is 5.96. The van der Waals surface area contributed by atoms with E-state index < -0.39 is 0 Å². The average molecular weight is 316 g/mol. The molecule has 6 heteroatoms. The molecule has 114 valence electrons. The van der Waals surface area contributed by atoms with Gasteiger partial charge in [0.15, 0.2) is 0 Å². The van der Waals surface area contributed by atoms with Gasteiger partial charge in [0.25, 0.3) is 17.1 Å². The van der Waals surface area contributed by atoms with Crippen LogP contribution in [0.1, 0.15) is 29.3 Å². The summed E-state index contributed by atoms with van der Waals surface area (Å²) in [6.45, 7) is 3.80. The minimum Gasteiger partial charge on any atom is -0.338 e. The molecule has 0 atom stereocenters. The zero-order chi connectivity index (χ0) is 15.7. The largest absolute Gasteiger partial charge is 0.338 e. The number of benzene rings is 1. The van der Waals surface area contributed by atoms with Gasteiger partial charge in [0.05, 0.1) is 4.91 Å². The van der Waals surface area contributed by atoms with Crippen molar-refractivity contribution in [3.05, 3.63) is 40.3 Å². The van der Waals surface area contributed by atoms with Crippen LogP contribution in [-0.2, 0) is 4.79 Å². The average Bonchev–Trinajstić information content (AvgIpc) is 2.76. The molecule has 2 saturated heterocycles. The van der Waals surface area contributed by atoms with Gasteiger partial charge in [-0.2, -0.15) is 0 Å². The van der Waals surface area contributed by atoms with Gasteiger partial charge in [-0.15, -0.1) is 0 Å². The van der Waals surface area contributed by atoms with Crippen LogP contribution in [0, 0.1) is 5.92 Å². The fraction of sp³-hybridized carbons (Fsp3) is 0.312. The molecule has 1 aromatic rings. The minimum absolute atomic E-state index is 0.0482. The van der Waals surface area contributed by atoms with Crippen LogP contribution < -0.4 is 5.32 Å². The van der Waals surface area contributed by atoms with Crippen LogP contribution >= 0.6 is 11.8 Å². The van der Waals surface area contributed by atoms with Gasteiger partial charge in [-0.1, -0.05) is 19.1 Å². The number of carbonyl (C=O) groups is 3. The monoisotopic (exact) mass is 316 g/mol. The first-order valence-electron chi connectivity index (χ1n) is 7.21. The third kappa shape index (κ3) is 2.92. The van der Waals surface area contributed by atoms with Crippen molar-refractivity contribution >= 4 is 34.9 Å². The van der Waals surface area contributed by atoms with Crippen molar-refractivity contribution in [2.75, 3.05) is 13.1 Å². The lowest BCUT2D eigenvalue weighted by molar-refractivity contribution is -0.115. The molecule has 1 aromatic carbocycles. The summed E-state index contributed by atoms with van der Waals surface area (Å²) in [7, 11) is 0. The Labute approximate surface area is 132 Å². The summed E-state index contributed by atoms with van der Waals surface area (Å²) in [5.74, 6) is 0.303. The summed E-state index contributed by atoms with van der Waals surface area (Å²) in [6.07, 6.45) is 2.75. The van der Waals surface area contributed by atoms with Crippen LogP contribution in [0.5, 0.6) is 0 Å². The van der Waals surface area contributed by atoms with E-state index >= 15 is 0 Å². The van der Waals surface area contributed by atoms with E-state index in [2.05, 4.69) is 12.2 Å². The summed E-state index contributed by atoms with van der Waals surface area (Å²) in [5.41, 5.74) is 1.44. The lowest BCUT2D eigenvalue weighted by Gasteiger charge is -2.38. The maximum absolute atomic E-state index is 12.2. The predicted octanol–water partition coefficient (Wildman–Crippen LogP) is 2.49. The van der Waals surface area contributed by atoms with Crippen molar-refractivity contribution in [2.45, 2.75) is 13.3 Å². The molecular weight excluding hydrogens is 300 g/mol. The van der Waals surface area contributed by atoms with Crippen molar-refractivity contribution < 1.29 is 14.4 Å². The maximum atomic E-state index is 12.2. The highest BCUT2D eigenvalue weighted by Gasteiger charge is 2.29. The van der Waals surface area contributed by atoms with E-state index in [1.807, 2.05) is 4.90 Å². The van der Waals surface area contributed by atoms with Crippen molar-refractivity contribution in [1.29, 1.82) is 0 Å². The zero-order valence-electron chi connectivity index (χ0n) is 12.2. The Morgan fingerprint density at radius 1 is 1.32 bits per heavy atom. The van der Waals surface area contributed by atoms with Gasteiger partial charge in [0.2, 0.25) is 0 Å². The van der Waals surface area contributed by atoms with Crippen LogP contribution in [0.4, 0.5) is 4.79 Å². The third-order valence-corrected chi connectivity index (χ3v) is 4.73. The van der Waals surface area contributed by atoms with Crippen molar-refractivity contribution in [3.8, 4) is 0 Å². The van der Waals surface area contributed by atoms with Crippen molar-refractivity contribution in [2.24, 2.45) is 5.92 Å². The molecule has 2 aliphatic heterocycles. The van der Waals surface area contributed by atoms with E-state index in [0.29, 0.717) is 16.4 Å². The second-order valence-corrected chi connectivity index (χ2v) is 6.47. The van der Waals surface area contributed by atoms with Crippen LogP contribution in [0.15, 0.2) is 29.2 Å². The number of likely N-dealkylation sites (tertiary alicyclic amines) is 1. The molecule has 0 radical (unpaired) electrons. The first-order chi connectivity index (χ1) is 10.6. The summed E-state index contributed by atoms with van der Waals surface area (Å²) in [4.78, 5) is 37.0. The van der Waals surface area contributed by atoms with Gasteiger partial charge in [-0.3, -0.25) is 19.7 Å². The van der Waals surface area contributed by atoms with Crippen LogP contribution in [0.25, 0.3) is 6.08 Å². The molecule has 22 heavy (non-hydrogen) atoms. The zero-order valence-corrected chi connectivity index (χ0v) is 13.0. The highest BCUT2D eigenvalue weighted by Crippen LogP contribution is 2.26.